The molecule has 72 valence electrons. The van der Waals surface area contributed by atoms with Gasteiger partial charge in [0.1, 0.15) is 15.8 Å². The quantitative estimate of drug-likeness (QED) is 0.717. The molecule has 1 aromatic heterocycles. The van der Waals surface area contributed by atoms with Crippen molar-refractivity contribution in [3.8, 4) is 0 Å². The molecule has 1 aromatic rings. The zero-order valence-corrected chi connectivity index (χ0v) is 9.38. The Labute approximate surface area is 85.9 Å². The molecule has 0 aromatic carbocycles. The lowest BCUT2D eigenvalue weighted by Crippen LogP contribution is -1.99. The fraction of sp³-hybridized carbons (Fsp3) is 0.500. The maximum absolute atomic E-state index is 10.9. The first-order valence-corrected chi connectivity index (χ1v) is 6.79. The molecule has 0 N–H and O–H groups in total. The van der Waals surface area contributed by atoms with Gasteiger partial charge in [-0.15, -0.1) is 21.5 Å². The SMILES string of the molecule is CS(=O)(=O)Cc1nnc(CC=S)s1. The van der Waals surface area contributed by atoms with Gasteiger partial charge in [-0.2, -0.15) is 0 Å². The van der Waals surface area contributed by atoms with Gasteiger partial charge in [0.15, 0.2) is 9.84 Å². The van der Waals surface area contributed by atoms with Crippen molar-refractivity contribution >= 4 is 38.8 Å². The fourth-order valence-electron chi connectivity index (χ4n) is 0.725. The normalized spacial score (nSPS) is 11.5. The van der Waals surface area contributed by atoms with Crippen molar-refractivity contribution in [3.63, 3.8) is 0 Å². The molecule has 13 heavy (non-hydrogen) atoms. The van der Waals surface area contributed by atoms with Gasteiger partial charge in [-0.1, -0.05) is 12.2 Å². The summed E-state index contributed by atoms with van der Waals surface area (Å²) in [6, 6.07) is 0. The van der Waals surface area contributed by atoms with Crippen LogP contribution in [0.1, 0.15) is 10.0 Å². The summed E-state index contributed by atoms with van der Waals surface area (Å²) in [5.41, 5.74) is 0. The van der Waals surface area contributed by atoms with Gasteiger partial charge in [-0.05, 0) is 5.37 Å². The number of sulfone groups is 1. The Morgan fingerprint density at radius 2 is 2.08 bits per heavy atom. The van der Waals surface area contributed by atoms with E-state index < -0.39 is 9.84 Å². The Bertz CT molecular complexity index is 396. The molecule has 0 fully saturated rings. The van der Waals surface area contributed by atoms with Gasteiger partial charge < -0.3 is 0 Å². The highest BCUT2D eigenvalue weighted by atomic mass is 32.2. The van der Waals surface area contributed by atoms with Crippen molar-refractivity contribution in [1.82, 2.24) is 10.2 Å². The highest BCUT2D eigenvalue weighted by molar-refractivity contribution is 7.90. The molecule has 0 aliphatic rings. The molecular weight excluding hydrogens is 228 g/mol. The first-order valence-electron chi connectivity index (χ1n) is 3.44. The lowest BCUT2D eigenvalue weighted by atomic mass is 10.5. The summed E-state index contributed by atoms with van der Waals surface area (Å²) < 4.78 is 21.8. The van der Waals surface area contributed by atoms with Gasteiger partial charge in [0.2, 0.25) is 0 Å². The maximum Gasteiger partial charge on any atom is 0.154 e. The summed E-state index contributed by atoms with van der Waals surface area (Å²) in [6.07, 6.45) is 1.74. The fourth-order valence-corrected chi connectivity index (χ4v) is 2.97. The molecular formula is C6H8N2O2S3. The molecule has 0 saturated heterocycles. The Hall–Kier alpha value is -0.400. The Morgan fingerprint density at radius 1 is 1.46 bits per heavy atom. The van der Waals surface area contributed by atoms with E-state index in [9.17, 15) is 8.42 Å². The smallest absolute Gasteiger partial charge is 0.154 e. The van der Waals surface area contributed by atoms with E-state index in [0.717, 1.165) is 5.01 Å². The second-order valence-corrected chi connectivity index (χ2v) is 6.15. The van der Waals surface area contributed by atoms with Crippen LogP contribution in [0.15, 0.2) is 0 Å². The van der Waals surface area contributed by atoms with Crippen LogP contribution in [0.5, 0.6) is 0 Å². The number of thiocarbonyl (C=S) groups is 1. The van der Waals surface area contributed by atoms with E-state index in [2.05, 4.69) is 22.4 Å². The minimum Gasteiger partial charge on any atom is -0.229 e. The number of hydrogen-bond acceptors (Lipinski definition) is 6. The van der Waals surface area contributed by atoms with Crippen molar-refractivity contribution in [1.29, 1.82) is 0 Å². The van der Waals surface area contributed by atoms with Crippen LogP contribution in [0.4, 0.5) is 0 Å². The first-order chi connectivity index (χ1) is 6.01. The van der Waals surface area contributed by atoms with Crippen LogP contribution < -0.4 is 0 Å². The van der Waals surface area contributed by atoms with Crippen LogP contribution in [0, 0.1) is 0 Å². The van der Waals surface area contributed by atoms with Crippen molar-refractivity contribution in [2.24, 2.45) is 0 Å². The van der Waals surface area contributed by atoms with Crippen LogP contribution in [0.25, 0.3) is 0 Å². The second kappa shape index (κ2) is 4.21. The lowest BCUT2D eigenvalue weighted by molar-refractivity contribution is 0.600. The van der Waals surface area contributed by atoms with Gasteiger partial charge in [-0.3, -0.25) is 0 Å². The third-order valence-electron chi connectivity index (χ3n) is 1.15. The molecule has 0 aliphatic carbocycles. The van der Waals surface area contributed by atoms with E-state index in [0.29, 0.717) is 11.4 Å². The van der Waals surface area contributed by atoms with E-state index in [1.54, 1.807) is 5.37 Å². The third kappa shape index (κ3) is 3.88. The minimum absolute atomic E-state index is 0.0396. The van der Waals surface area contributed by atoms with Crippen LogP contribution in [-0.2, 0) is 22.0 Å². The summed E-state index contributed by atoms with van der Waals surface area (Å²) in [5.74, 6) is -0.0396. The molecule has 4 nitrogen and oxygen atoms in total. The second-order valence-electron chi connectivity index (χ2n) is 2.53. The number of aromatic nitrogens is 2. The average Bonchev–Trinajstić information content (AvgIpc) is 2.33. The van der Waals surface area contributed by atoms with E-state index in [1.165, 1.54) is 17.6 Å². The predicted octanol–water partition coefficient (Wildman–Crippen LogP) is 0.625. The minimum atomic E-state index is -3.01. The molecule has 0 atom stereocenters. The molecule has 0 saturated carbocycles. The monoisotopic (exact) mass is 236 g/mol. The van der Waals surface area contributed by atoms with Crippen LogP contribution in [-0.4, -0.2) is 30.2 Å². The molecule has 1 rings (SSSR count). The van der Waals surface area contributed by atoms with Crippen LogP contribution >= 0.6 is 23.6 Å². The van der Waals surface area contributed by atoms with E-state index in [4.69, 9.17) is 0 Å². The van der Waals surface area contributed by atoms with Crippen LogP contribution in [0.2, 0.25) is 0 Å². The van der Waals surface area contributed by atoms with Gasteiger partial charge in [-0.25, -0.2) is 8.42 Å². The molecule has 1 heterocycles. The van der Waals surface area contributed by atoms with Gasteiger partial charge >= 0.3 is 0 Å². The zero-order chi connectivity index (χ0) is 9.90. The Balaban J connectivity index is 2.75. The zero-order valence-electron chi connectivity index (χ0n) is 6.93. The highest BCUT2D eigenvalue weighted by Gasteiger charge is 2.09. The summed E-state index contributed by atoms with van der Waals surface area (Å²) in [7, 11) is -3.01. The van der Waals surface area contributed by atoms with Gasteiger partial charge in [0, 0.05) is 12.7 Å². The van der Waals surface area contributed by atoms with Crippen molar-refractivity contribution in [2.45, 2.75) is 12.2 Å². The Morgan fingerprint density at radius 3 is 2.62 bits per heavy atom. The average molecular weight is 236 g/mol. The van der Waals surface area contributed by atoms with E-state index in [-0.39, 0.29) is 5.75 Å². The number of rotatable bonds is 4. The maximum atomic E-state index is 10.9. The van der Waals surface area contributed by atoms with E-state index >= 15 is 0 Å². The Kier molecular flexibility index (Phi) is 3.46. The lowest BCUT2D eigenvalue weighted by Gasteiger charge is -1.89. The molecule has 7 heteroatoms. The predicted molar refractivity (Wildman–Crippen MR) is 55.8 cm³/mol. The molecule has 0 unspecified atom stereocenters. The molecule has 0 amide bonds. The third-order valence-corrected chi connectivity index (χ3v) is 3.25. The van der Waals surface area contributed by atoms with E-state index in [1.807, 2.05) is 0 Å². The number of hydrogen-bond donors (Lipinski definition) is 0. The number of nitrogens with zero attached hydrogens (tertiary/aromatic N) is 2. The first kappa shape index (κ1) is 10.7. The van der Waals surface area contributed by atoms with Crippen molar-refractivity contribution in [3.05, 3.63) is 10.0 Å². The molecule has 0 radical (unpaired) electrons. The van der Waals surface area contributed by atoms with Crippen LogP contribution in [0.3, 0.4) is 0 Å². The largest absolute Gasteiger partial charge is 0.229 e. The molecule has 0 spiro atoms. The summed E-state index contributed by atoms with van der Waals surface area (Å²) in [6.45, 7) is 0. The summed E-state index contributed by atoms with van der Waals surface area (Å²) in [4.78, 5) is 0. The molecule has 0 bridgehead atoms. The molecule has 0 aliphatic heterocycles. The highest BCUT2D eigenvalue weighted by Crippen LogP contribution is 2.12. The van der Waals surface area contributed by atoms with Gasteiger partial charge in [0.25, 0.3) is 0 Å². The van der Waals surface area contributed by atoms with Crippen molar-refractivity contribution in [2.75, 3.05) is 6.26 Å². The van der Waals surface area contributed by atoms with Gasteiger partial charge in [0.05, 0.1) is 0 Å². The standard InChI is InChI=1S/C6H8N2O2S3/c1-13(9,10)4-6-8-7-5(12-6)2-3-11/h3H,2,4H2,1H3. The topological polar surface area (TPSA) is 59.9 Å². The van der Waals surface area contributed by atoms with Crippen molar-refractivity contribution < 1.29 is 8.42 Å². The summed E-state index contributed by atoms with van der Waals surface area (Å²) in [5, 5.41) is 10.4. The summed E-state index contributed by atoms with van der Waals surface area (Å²) >= 11 is 5.93.